The van der Waals surface area contributed by atoms with Crippen LogP contribution in [0.3, 0.4) is 0 Å². The maximum atomic E-state index is 14.6. The molecule has 3 aromatic rings. The number of aryl methyl sites for hydroxylation is 3. The van der Waals surface area contributed by atoms with Crippen molar-refractivity contribution < 1.29 is 23.1 Å². The van der Waals surface area contributed by atoms with Crippen LogP contribution in [0.25, 0.3) is 5.57 Å². The SMILES string of the molecule is COc1ccc(C)cc1NC1=C(c2ccc(C)c(C)c2)C(=O)N(c2ccc(F)cc2F)C1=O. The lowest BCUT2D eigenvalue weighted by atomic mass is 9.99. The highest BCUT2D eigenvalue weighted by molar-refractivity contribution is 6.46. The molecule has 0 bridgehead atoms. The van der Waals surface area contributed by atoms with Crippen LogP contribution in [-0.4, -0.2) is 18.9 Å². The number of carbonyl (C=O) groups is 2. The number of nitrogens with zero attached hydrogens (tertiary/aromatic N) is 1. The average molecular weight is 448 g/mol. The van der Waals surface area contributed by atoms with Crippen molar-refractivity contribution in [2.24, 2.45) is 0 Å². The van der Waals surface area contributed by atoms with Gasteiger partial charge < -0.3 is 10.1 Å². The predicted octanol–water partition coefficient (Wildman–Crippen LogP) is 5.30. The largest absolute Gasteiger partial charge is 0.495 e. The van der Waals surface area contributed by atoms with Gasteiger partial charge in [0.2, 0.25) is 0 Å². The van der Waals surface area contributed by atoms with Crippen LogP contribution in [0.4, 0.5) is 20.2 Å². The topological polar surface area (TPSA) is 58.6 Å². The number of methoxy groups -OCH3 is 1. The van der Waals surface area contributed by atoms with Gasteiger partial charge in [0.25, 0.3) is 11.8 Å². The fourth-order valence-corrected chi connectivity index (χ4v) is 3.75. The fourth-order valence-electron chi connectivity index (χ4n) is 3.75. The third kappa shape index (κ3) is 3.98. The van der Waals surface area contributed by atoms with Gasteiger partial charge in [-0.15, -0.1) is 0 Å². The maximum absolute atomic E-state index is 14.6. The van der Waals surface area contributed by atoms with Gasteiger partial charge in [-0.2, -0.15) is 0 Å². The van der Waals surface area contributed by atoms with E-state index in [4.69, 9.17) is 4.74 Å². The molecule has 0 aliphatic carbocycles. The second kappa shape index (κ2) is 8.50. The molecule has 0 spiro atoms. The van der Waals surface area contributed by atoms with E-state index in [0.29, 0.717) is 23.1 Å². The van der Waals surface area contributed by atoms with E-state index in [1.54, 1.807) is 24.3 Å². The molecule has 5 nitrogen and oxygen atoms in total. The van der Waals surface area contributed by atoms with Crippen molar-refractivity contribution in [3.63, 3.8) is 0 Å². The Morgan fingerprint density at radius 3 is 2.27 bits per heavy atom. The Morgan fingerprint density at radius 1 is 0.848 bits per heavy atom. The Morgan fingerprint density at radius 2 is 1.61 bits per heavy atom. The Labute approximate surface area is 190 Å². The monoisotopic (exact) mass is 448 g/mol. The summed E-state index contributed by atoms with van der Waals surface area (Å²) >= 11 is 0. The Bertz CT molecular complexity index is 1330. The van der Waals surface area contributed by atoms with Crippen molar-refractivity contribution in [3.8, 4) is 5.75 Å². The Hall–Kier alpha value is -4.00. The number of benzene rings is 3. The minimum Gasteiger partial charge on any atom is -0.495 e. The molecule has 4 rings (SSSR count). The first kappa shape index (κ1) is 22.2. The molecule has 0 saturated heterocycles. The predicted molar refractivity (Wildman–Crippen MR) is 123 cm³/mol. The Kier molecular flexibility index (Phi) is 5.72. The molecular weight excluding hydrogens is 426 g/mol. The van der Waals surface area contributed by atoms with E-state index >= 15 is 0 Å². The molecule has 33 heavy (non-hydrogen) atoms. The molecule has 0 fully saturated rings. The molecule has 1 N–H and O–H groups in total. The number of hydrogen-bond donors (Lipinski definition) is 1. The van der Waals surface area contributed by atoms with Gasteiger partial charge in [0.05, 0.1) is 24.1 Å². The van der Waals surface area contributed by atoms with Gasteiger partial charge in [0.1, 0.15) is 23.1 Å². The normalized spacial score (nSPS) is 13.7. The van der Waals surface area contributed by atoms with Crippen molar-refractivity contribution in [3.05, 3.63) is 94.2 Å². The zero-order chi connectivity index (χ0) is 23.9. The van der Waals surface area contributed by atoms with Gasteiger partial charge in [-0.25, -0.2) is 13.7 Å². The van der Waals surface area contributed by atoms with Gasteiger partial charge in [-0.3, -0.25) is 9.59 Å². The molecule has 7 heteroatoms. The second-order valence-corrected chi connectivity index (χ2v) is 7.92. The molecule has 0 unspecified atom stereocenters. The molecule has 1 heterocycles. The van der Waals surface area contributed by atoms with Crippen LogP contribution in [0.15, 0.2) is 60.3 Å². The van der Waals surface area contributed by atoms with Crippen molar-refractivity contribution in [2.45, 2.75) is 20.8 Å². The van der Waals surface area contributed by atoms with Crippen molar-refractivity contribution >= 4 is 28.8 Å². The summed E-state index contributed by atoms with van der Waals surface area (Å²) in [5, 5.41) is 3.04. The highest BCUT2D eigenvalue weighted by Crippen LogP contribution is 2.37. The molecule has 0 atom stereocenters. The van der Waals surface area contributed by atoms with E-state index in [9.17, 15) is 18.4 Å². The number of ether oxygens (including phenoxy) is 1. The maximum Gasteiger partial charge on any atom is 0.282 e. The van der Waals surface area contributed by atoms with Crippen LogP contribution >= 0.6 is 0 Å². The summed E-state index contributed by atoms with van der Waals surface area (Å²) in [5.41, 5.74) is 3.61. The lowest BCUT2D eigenvalue weighted by molar-refractivity contribution is -0.120. The minimum absolute atomic E-state index is 0.0177. The van der Waals surface area contributed by atoms with E-state index in [1.807, 2.05) is 32.9 Å². The average Bonchev–Trinajstić information content (AvgIpc) is 3.00. The van der Waals surface area contributed by atoms with E-state index in [2.05, 4.69) is 5.32 Å². The number of amides is 2. The lowest BCUT2D eigenvalue weighted by Gasteiger charge is -2.17. The number of carbonyl (C=O) groups excluding carboxylic acids is 2. The van der Waals surface area contributed by atoms with Crippen LogP contribution in [0.1, 0.15) is 22.3 Å². The molecule has 1 aliphatic rings. The minimum atomic E-state index is -1.01. The van der Waals surface area contributed by atoms with Gasteiger partial charge in [-0.1, -0.05) is 24.3 Å². The molecule has 0 aromatic heterocycles. The number of anilines is 2. The highest BCUT2D eigenvalue weighted by atomic mass is 19.1. The molecule has 3 aromatic carbocycles. The number of rotatable bonds is 5. The molecule has 1 aliphatic heterocycles. The fraction of sp³-hybridized carbons (Fsp3) is 0.154. The van der Waals surface area contributed by atoms with Crippen molar-refractivity contribution in [1.82, 2.24) is 0 Å². The Balaban J connectivity index is 1.89. The summed E-state index contributed by atoms with van der Waals surface area (Å²) in [6.45, 7) is 5.71. The first-order valence-corrected chi connectivity index (χ1v) is 10.3. The molecule has 0 radical (unpaired) electrons. The van der Waals surface area contributed by atoms with Gasteiger partial charge in [-0.05, 0) is 67.3 Å². The summed E-state index contributed by atoms with van der Waals surface area (Å²) in [6.07, 6.45) is 0. The first-order chi connectivity index (χ1) is 15.7. The van der Waals surface area contributed by atoms with E-state index in [0.717, 1.165) is 33.7 Å². The van der Waals surface area contributed by atoms with Crippen molar-refractivity contribution in [2.75, 3.05) is 17.3 Å². The molecule has 0 saturated carbocycles. The molecule has 2 amide bonds. The summed E-state index contributed by atoms with van der Waals surface area (Å²) in [7, 11) is 1.50. The lowest BCUT2D eigenvalue weighted by Crippen LogP contribution is -2.33. The third-order valence-electron chi connectivity index (χ3n) is 5.64. The van der Waals surface area contributed by atoms with E-state index in [-0.39, 0.29) is 17.0 Å². The van der Waals surface area contributed by atoms with Gasteiger partial charge in [0.15, 0.2) is 0 Å². The van der Waals surface area contributed by atoms with E-state index in [1.165, 1.54) is 7.11 Å². The number of imide groups is 1. The van der Waals surface area contributed by atoms with Crippen molar-refractivity contribution in [1.29, 1.82) is 0 Å². The zero-order valence-corrected chi connectivity index (χ0v) is 18.6. The third-order valence-corrected chi connectivity index (χ3v) is 5.64. The summed E-state index contributed by atoms with van der Waals surface area (Å²) in [4.78, 5) is 27.7. The summed E-state index contributed by atoms with van der Waals surface area (Å²) in [5.74, 6) is -2.80. The first-order valence-electron chi connectivity index (χ1n) is 10.3. The second-order valence-electron chi connectivity index (χ2n) is 7.92. The summed E-state index contributed by atoms with van der Waals surface area (Å²) < 4.78 is 33.4. The van der Waals surface area contributed by atoms with Crippen LogP contribution in [0.2, 0.25) is 0 Å². The number of hydrogen-bond acceptors (Lipinski definition) is 4. The van der Waals surface area contributed by atoms with Crippen LogP contribution in [0, 0.1) is 32.4 Å². The van der Waals surface area contributed by atoms with Gasteiger partial charge in [0, 0.05) is 6.07 Å². The number of halogens is 2. The quantitative estimate of drug-likeness (QED) is 0.539. The molecular formula is C26H22F2N2O3. The number of nitrogens with one attached hydrogen (secondary N) is 1. The highest BCUT2D eigenvalue weighted by Gasteiger charge is 2.41. The van der Waals surface area contributed by atoms with Crippen LogP contribution in [0.5, 0.6) is 5.75 Å². The van der Waals surface area contributed by atoms with Crippen LogP contribution < -0.4 is 15.0 Å². The van der Waals surface area contributed by atoms with Gasteiger partial charge >= 0.3 is 0 Å². The standard InChI is InChI=1S/C26H22F2N2O3/c1-14-5-10-22(33-4)20(11-14)29-24-23(17-7-6-15(2)16(3)12-17)25(31)30(26(24)32)21-9-8-18(27)13-19(21)28/h5-13,29H,1-4H3. The smallest absolute Gasteiger partial charge is 0.282 e. The summed E-state index contributed by atoms with van der Waals surface area (Å²) in [6, 6.07) is 13.5. The van der Waals surface area contributed by atoms with Crippen LogP contribution in [-0.2, 0) is 9.59 Å². The van der Waals surface area contributed by atoms with E-state index < -0.39 is 23.4 Å². The zero-order valence-electron chi connectivity index (χ0n) is 18.6. The molecule has 168 valence electrons.